The largest absolute Gasteiger partial charge is 0.469 e. The maximum atomic E-state index is 10.5. The lowest BCUT2D eigenvalue weighted by Crippen LogP contribution is -2.01. The molecule has 0 aliphatic rings. The molecule has 0 heterocycles. The molecule has 0 rings (SSSR count). The van der Waals surface area contributed by atoms with Gasteiger partial charge in [-0.3, -0.25) is 4.79 Å². The minimum Gasteiger partial charge on any atom is -0.469 e. The lowest BCUT2D eigenvalue weighted by atomic mass is 10.5. The maximum Gasteiger partial charge on any atom is 0.306 e. The first kappa shape index (κ1) is 10.3. The number of hydrogen-bond donors (Lipinski definition) is 0. The fourth-order valence-corrected chi connectivity index (χ4v) is 1.73. The minimum absolute atomic E-state index is 0.123. The molecule has 10 heavy (non-hydrogen) atoms. The molecular weight excluding hydrogens is 216 g/mol. The molecule has 0 aromatic carbocycles. The summed E-state index contributed by atoms with van der Waals surface area (Å²) in [6, 6.07) is 0. The van der Waals surface area contributed by atoms with Crippen LogP contribution in [-0.4, -0.2) is 29.9 Å². The Hall–Kier alpha value is 0.300. The van der Waals surface area contributed by atoms with Crippen LogP contribution in [0.5, 0.6) is 0 Å². The Morgan fingerprint density at radius 3 is 2.80 bits per heavy atom. The molecule has 0 amide bonds. The van der Waals surface area contributed by atoms with E-state index in [2.05, 4.69) is 20.7 Å². The van der Waals surface area contributed by atoms with Crippen molar-refractivity contribution >= 4 is 33.7 Å². The first-order chi connectivity index (χ1) is 4.81. The van der Waals surface area contributed by atoms with Gasteiger partial charge in [0.05, 0.1) is 13.5 Å². The molecule has 0 aliphatic carbocycles. The summed E-state index contributed by atoms with van der Waals surface area (Å²) in [7, 11) is 1.41. The quantitative estimate of drug-likeness (QED) is 0.406. The maximum absolute atomic E-state index is 10.5. The number of methoxy groups -OCH3 is 1. The normalized spacial score (nSPS) is 9.40. The summed E-state index contributed by atoms with van der Waals surface area (Å²) in [6.45, 7) is 0. The van der Waals surface area contributed by atoms with Crippen molar-refractivity contribution in [3.05, 3.63) is 0 Å². The van der Waals surface area contributed by atoms with Gasteiger partial charge in [0.1, 0.15) is 0 Å². The van der Waals surface area contributed by atoms with E-state index in [1.165, 1.54) is 7.11 Å². The van der Waals surface area contributed by atoms with Crippen molar-refractivity contribution in [1.82, 2.24) is 0 Å². The monoisotopic (exact) mass is 226 g/mol. The number of hydrogen-bond acceptors (Lipinski definition) is 3. The molecule has 0 radical (unpaired) electrons. The van der Waals surface area contributed by atoms with Gasteiger partial charge in [-0.2, -0.15) is 11.8 Å². The third-order valence-electron chi connectivity index (χ3n) is 0.900. The molecule has 0 saturated carbocycles. The van der Waals surface area contributed by atoms with E-state index in [0.717, 1.165) is 16.8 Å². The van der Waals surface area contributed by atoms with Crippen LogP contribution in [0.1, 0.15) is 6.42 Å². The highest BCUT2D eigenvalue weighted by molar-refractivity contribution is 9.09. The van der Waals surface area contributed by atoms with E-state index in [-0.39, 0.29) is 5.97 Å². The van der Waals surface area contributed by atoms with Crippen LogP contribution in [0.15, 0.2) is 0 Å². The Morgan fingerprint density at radius 1 is 1.60 bits per heavy atom. The molecule has 0 unspecified atom stereocenters. The average molecular weight is 227 g/mol. The van der Waals surface area contributed by atoms with Gasteiger partial charge in [-0.1, -0.05) is 15.9 Å². The van der Waals surface area contributed by atoms with E-state index in [1.54, 1.807) is 11.8 Å². The average Bonchev–Trinajstić information content (AvgIpc) is 1.98. The minimum atomic E-state index is -0.123. The number of halogens is 1. The summed E-state index contributed by atoms with van der Waals surface area (Å²) < 4.78 is 4.47. The van der Waals surface area contributed by atoms with Crippen LogP contribution in [0.4, 0.5) is 0 Å². The topological polar surface area (TPSA) is 26.3 Å². The molecule has 0 saturated heterocycles. The van der Waals surface area contributed by atoms with Gasteiger partial charge in [0.15, 0.2) is 0 Å². The number of ether oxygens (including phenoxy) is 1. The zero-order valence-electron chi connectivity index (χ0n) is 5.93. The second-order valence-corrected chi connectivity index (χ2v) is 3.65. The smallest absolute Gasteiger partial charge is 0.306 e. The van der Waals surface area contributed by atoms with Gasteiger partial charge in [0.2, 0.25) is 0 Å². The van der Waals surface area contributed by atoms with Gasteiger partial charge < -0.3 is 4.74 Å². The van der Waals surface area contributed by atoms with Crippen LogP contribution in [0, 0.1) is 0 Å². The van der Waals surface area contributed by atoms with Crippen LogP contribution in [0.2, 0.25) is 0 Å². The standard InChI is InChI=1S/C6H11BrO2S/c1-9-6(8)2-4-10-5-3-7/h2-5H2,1H3. The van der Waals surface area contributed by atoms with Gasteiger partial charge in [0, 0.05) is 16.8 Å². The van der Waals surface area contributed by atoms with E-state index >= 15 is 0 Å². The second kappa shape index (κ2) is 7.41. The van der Waals surface area contributed by atoms with E-state index < -0.39 is 0 Å². The van der Waals surface area contributed by atoms with Crippen molar-refractivity contribution in [2.24, 2.45) is 0 Å². The van der Waals surface area contributed by atoms with Crippen molar-refractivity contribution in [3.63, 3.8) is 0 Å². The number of carbonyl (C=O) groups excluding carboxylic acids is 1. The summed E-state index contributed by atoms with van der Waals surface area (Å²) in [5, 5.41) is 0.985. The highest BCUT2D eigenvalue weighted by atomic mass is 79.9. The van der Waals surface area contributed by atoms with Gasteiger partial charge >= 0.3 is 5.97 Å². The van der Waals surface area contributed by atoms with Crippen LogP contribution >= 0.6 is 27.7 Å². The van der Waals surface area contributed by atoms with Gasteiger partial charge in [0.25, 0.3) is 0 Å². The molecule has 0 bridgehead atoms. The number of thioether (sulfide) groups is 1. The number of rotatable bonds is 5. The van der Waals surface area contributed by atoms with E-state index in [9.17, 15) is 4.79 Å². The highest BCUT2D eigenvalue weighted by Crippen LogP contribution is 2.03. The van der Waals surface area contributed by atoms with Crippen LogP contribution in [0.25, 0.3) is 0 Å². The Morgan fingerprint density at radius 2 is 2.30 bits per heavy atom. The van der Waals surface area contributed by atoms with Crippen molar-refractivity contribution < 1.29 is 9.53 Å². The summed E-state index contributed by atoms with van der Waals surface area (Å²) in [6.07, 6.45) is 0.522. The Bertz CT molecular complexity index is 97.7. The fourth-order valence-electron chi connectivity index (χ4n) is 0.414. The Labute approximate surface area is 73.8 Å². The molecule has 60 valence electrons. The molecule has 4 heteroatoms. The van der Waals surface area contributed by atoms with Crippen molar-refractivity contribution in [1.29, 1.82) is 0 Å². The molecule has 0 aromatic heterocycles. The lowest BCUT2D eigenvalue weighted by molar-refractivity contribution is -0.140. The summed E-state index contributed by atoms with van der Waals surface area (Å²) >= 11 is 5.05. The van der Waals surface area contributed by atoms with Gasteiger partial charge in [-0.15, -0.1) is 0 Å². The fraction of sp³-hybridized carbons (Fsp3) is 0.833. The molecule has 0 spiro atoms. The zero-order valence-corrected chi connectivity index (χ0v) is 8.33. The number of alkyl halides is 1. The number of esters is 1. The highest BCUT2D eigenvalue weighted by Gasteiger charge is 1.97. The zero-order chi connectivity index (χ0) is 7.82. The third kappa shape index (κ3) is 6.42. The van der Waals surface area contributed by atoms with E-state index in [4.69, 9.17) is 0 Å². The molecular formula is C6H11BrO2S. The molecule has 0 aromatic rings. The van der Waals surface area contributed by atoms with E-state index in [0.29, 0.717) is 6.42 Å². The van der Waals surface area contributed by atoms with E-state index in [1.807, 2.05) is 0 Å². The molecule has 2 nitrogen and oxygen atoms in total. The first-order valence-corrected chi connectivity index (χ1v) is 5.29. The molecule has 0 atom stereocenters. The van der Waals surface area contributed by atoms with Crippen LogP contribution in [-0.2, 0) is 9.53 Å². The Balaban J connectivity index is 2.96. The second-order valence-electron chi connectivity index (χ2n) is 1.63. The number of carbonyl (C=O) groups is 1. The summed E-state index contributed by atoms with van der Waals surface area (Å²) in [5.41, 5.74) is 0. The first-order valence-electron chi connectivity index (χ1n) is 3.01. The van der Waals surface area contributed by atoms with Crippen LogP contribution in [0.3, 0.4) is 0 Å². The van der Waals surface area contributed by atoms with Crippen LogP contribution < -0.4 is 0 Å². The Kier molecular flexibility index (Phi) is 7.63. The third-order valence-corrected chi connectivity index (χ3v) is 2.81. The lowest BCUT2D eigenvalue weighted by Gasteiger charge is -1.96. The predicted molar refractivity (Wildman–Crippen MR) is 47.8 cm³/mol. The van der Waals surface area contributed by atoms with Gasteiger partial charge in [-0.05, 0) is 0 Å². The molecule has 0 fully saturated rings. The van der Waals surface area contributed by atoms with Gasteiger partial charge in [-0.25, -0.2) is 0 Å². The van der Waals surface area contributed by atoms with Crippen molar-refractivity contribution in [2.45, 2.75) is 6.42 Å². The van der Waals surface area contributed by atoms with Crippen molar-refractivity contribution in [3.8, 4) is 0 Å². The summed E-state index contributed by atoms with van der Waals surface area (Å²) in [4.78, 5) is 10.5. The SMILES string of the molecule is COC(=O)CCSCCBr. The summed E-state index contributed by atoms with van der Waals surface area (Å²) in [5.74, 6) is 1.79. The van der Waals surface area contributed by atoms with Crippen molar-refractivity contribution in [2.75, 3.05) is 23.9 Å². The molecule has 0 aliphatic heterocycles. The predicted octanol–water partition coefficient (Wildman–Crippen LogP) is 1.68. The molecule has 0 N–H and O–H groups in total.